The third-order valence-electron chi connectivity index (χ3n) is 5.01. The van der Waals surface area contributed by atoms with E-state index in [-0.39, 0.29) is 5.91 Å². The van der Waals surface area contributed by atoms with E-state index in [1.807, 2.05) is 61.1 Å². The van der Waals surface area contributed by atoms with Gasteiger partial charge in [-0.05, 0) is 48.4 Å². The first-order valence-corrected chi connectivity index (χ1v) is 10.1. The summed E-state index contributed by atoms with van der Waals surface area (Å²) in [6, 6.07) is 11.7. The van der Waals surface area contributed by atoms with E-state index in [1.165, 1.54) is 0 Å². The van der Waals surface area contributed by atoms with E-state index in [4.69, 9.17) is 9.47 Å². The smallest absolute Gasteiger partial charge is 0.246 e. The van der Waals surface area contributed by atoms with E-state index in [2.05, 4.69) is 15.4 Å². The Balaban J connectivity index is 1.49. The van der Waals surface area contributed by atoms with Crippen LogP contribution >= 0.6 is 0 Å². The van der Waals surface area contributed by atoms with E-state index in [1.54, 1.807) is 0 Å². The van der Waals surface area contributed by atoms with Crippen LogP contribution in [0.4, 0.5) is 0 Å². The standard InChI is InChI=1S/C22H30N4O3/c1-3-21(23-24-22(27)17-19-5-4-10-25(19)2)18-6-8-20(9-7-18)29-16-13-26-11-14-28-15-12-26/h4-10H,3,11-17H2,1-2H3,(H,24,27)/b23-21+. The van der Waals surface area contributed by atoms with Crippen molar-refractivity contribution < 1.29 is 14.3 Å². The van der Waals surface area contributed by atoms with Crippen molar-refractivity contribution >= 4 is 11.6 Å². The van der Waals surface area contributed by atoms with Gasteiger partial charge < -0.3 is 14.0 Å². The normalized spacial score (nSPS) is 15.3. The molecule has 1 aliphatic heterocycles. The molecule has 2 heterocycles. The Kier molecular flexibility index (Phi) is 7.84. The predicted molar refractivity (Wildman–Crippen MR) is 113 cm³/mol. The highest BCUT2D eigenvalue weighted by Gasteiger charge is 2.10. The Hall–Kier alpha value is -2.64. The first-order chi connectivity index (χ1) is 14.2. The van der Waals surface area contributed by atoms with E-state index in [9.17, 15) is 4.79 Å². The summed E-state index contributed by atoms with van der Waals surface area (Å²) < 4.78 is 13.1. The molecule has 2 aromatic rings. The predicted octanol–water partition coefficient (Wildman–Crippen LogP) is 2.21. The van der Waals surface area contributed by atoms with Crippen LogP contribution in [0.1, 0.15) is 24.6 Å². The molecule has 1 amide bonds. The Morgan fingerprint density at radius 2 is 1.97 bits per heavy atom. The number of hydrogen-bond acceptors (Lipinski definition) is 5. The molecule has 7 heteroatoms. The van der Waals surface area contributed by atoms with Crippen LogP contribution in [-0.2, 0) is 23.0 Å². The summed E-state index contributed by atoms with van der Waals surface area (Å²) in [4.78, 5) is 14.5. The van der Waals surface area contributed by atoms with Gasteiger partial charge in [0.15, 0.2) is 0 Å². The minimum Gasteiger partial charge on any atom is -0.492 e. The fourth-order valence-electron chi connectivity index (χ4n) is 3.22. The van der Waals surface area contributed by atoms with Crippen LogP contribution in [0.25, 0.3) is 0 Å². The second kappa shape index (κ2) is 10.8. The summed E-state index contributed by atoms with van der Waals surface area (Å²) in [5, 5.41) is 4.32. The molecule has 0 spiro atoms. The molecule has 0 saturated carbocycles. The molecule has 29 heavy (non-hydrogen) atoms. The van der Waals surface area contributed by atoms with Gasteiger partial charge in [0.2, 0.25) is 5.91 Å². The SMILES string of the molecule is CC/C(=N\NC(=O)Cc1cccn1C)c1ccc(OCCN2CCOCC2)cc1. The monoisotopic (exact) mass is 398 g/mol. The highest BCUT2D eigenvalue weighted by molar-refractivity contribution is 6.01. The van der Waals surface area contributed by atoms with Crippen LogP contribution in [0.3, 0.4) is 0 Å². The molecule has 3 rings (SSSR count). The van der Waals surface area contributed by atoms with Crippen LogP contribution in [0.2, 0.25) is 0 Å². The summed E-state index contributed by atoms with van der Waals surface area (Å²) in [7, 11) is 1.92. The number of nitrogens with zero attached hydrogens (tertiary/aromatic N) is 3. The van der Waals surface area contributed by atoms with E-state index < -0.39 is 0 Å². The number of carbonyl (C=O) groups is 1. The van der Waals surface area contributed by atoms with Gasteiger partial charge in [-0.2, -0.15) is 5.10 Å². The largest absolute Gasteiger partial charge is 0.492 e. The lowest BCUT2D eigenvalue weighted by Crippen LogP contribution is -2.38. The molecule has 1 aliphatic rings. The maximum atomic E-state index is 12.2. The first-order valence-electron chi connectivity index (χ1n) is 10.1. The first kappa shape index (κ1) is 21.1. The zero-order valence-electron chi connectivity index (χ0n) is 17.3. The van der Waals surface area contributed by atoms with E-state index >= 15 is 0 Å². The molecule has 1 saturated heterocycles. The second-order valence-electron chi connectivity index (χ2n) is 7.06. The number of ether oxygens (including phenoxy) is 2. The fraction of sp³-hybridized carbons (Fsp3) is 0.455. The zero-order valence-corrected chi connectivity index (χ0v) is 17.3. The second-order valence-corrected chi connectivity index (χ2v) is 7.06. The Morgan fingerprint density at radius 1 is 1.21 bits per heavy atom. The molecular weight excluding hydrogens is 368 g/mol. The van der Waals surface area contributed by atoms with Crippen LogP contribution in [-0.4, -0.2) is 60.5 Å². The third-order valence-corrected chi connectivity index (χ3v) is 5.01. The lowest BCUT2D eigenvalue weighted by Gasteiger charge is -2.26. The number of benzene rings is 1. The van der Waals surface area contributed by atoms with Crippen molar-refractivity contribution in [3.05, 3.63) is 53.9 Å². The number of carbonyl (C=O) groups excluding carboxylic acids is 1. The van der Waals surface area contributed by atoms with Gasteiger partial charge in [0.25, 0.3) is 0 Å². The molecule has 0 radical (unpaired) electrons. The topological polar surface area (TPSA) is 68.1 Å². The Morgan fingerprint density at radius 3 is 2.62 bits per heavy atom. The maximum absolute atomic E-state index is 12.2. The summed E-state index contributed by atoms with van der Waals surface area (Å²) in [6.45, 7) is 7.12. The molecular formula is C22H30N4O3. The van der Waals surface area contributed by atoms with Crippen LogP contribution in [0.5, 0.6) is 5.75 Å². The number of hydrogen-bond donors (Lipinski definition) is 1. The van der Waals surface area contributed by atoms with Gasteiger partial charge in [-0.3, -0.25) is 9.69 Å². The quantitative estimate of drug-likeness (QED) is 0.519. The lowest BCUT2D eigenvalue weighted by molar-refractivity contribution is -0.120. The van der Waals surface area contributed by atoms with Crippen LogP contribution in [0.15, 0.2) is 47.7 Å². The summed E-state index contributed by atoms with van der Waals surface area (Å²) in [6.07, 6.45) is 2.95. The van der Waals surface area contributed by atoms with Crippen molar-refractivity contribution in [1.82, 2.24) is 14.9 Å². The zero-order chi connectivity index (χ0) is 20.5. The molecule has 0 atom stereocenters. The van der Waals surface area contributed by atoms with Gasteiger partial charge >= 0.3 is 0 Å². The number of rotatable bonds is 9. The maximum Gasteiger partial charge on any atom is 0.246 e. The van der Waals surface area contributed by atoms with Crippen LogP contribution in [0, 0.1) is 0 Å². The van der Waals surface area contributed by atoms with Crippen molar-refractivity contribution in [2.45, 2.75) is 19.8 Å². The van der Waals surface area contributed by atoms with Crippen molar-refractivity contribution in [1.29, 1.82) is 0 Å². The number of morpholine rings is 1. The number of aryl methyl sites for hydroxylation is 1. The van der Waals surface area contributed by atoms with Gasteiger partial charge in [-0.15, -0.1) is 0 Å². The van der Waals surface area contributed by atoms with Gasteiger partial charge in [0.05, 0.1) is 25.3 Å². The number of amides is 1. The van der Waals surface area contributed by atoms with Crippen molar-refractivity contribution in [3.8, 4) is 5.75 Å². The molecule has 7 nitrogen and oxygen atoms in total. The lowest BCUT2D eigenvalue weighted by atomic mass is 10.1. The molecule has 0 unspecified atom stereocenters. The van der Waals surface area contributed by atoms with Gasteiger partial charge in [0, 0.05) is 38.6 Å². The average molecular weight is 399 g/mol. The minimum absolute atomic E-state index is 0.124. The van der Waals surface area contributed by atoms with Gasteiger partial charge in [-0.1, -0.05) is 6.92 Å². The minimum atomic E-state index is -0.124. The third kappa shape index (κ3) is 6.44. The number of nitrogens with one attached hydrogen (secondary N) is 1. The van der Waals surface area contributed by atoms with Gasteiger partial charge in [-0.25, -0.2) is 5.43 Å². The van der Waals surface area contributed by atoms with Crippen LogP contribution < -0.4 is 10.2 Å². The molecule has 156 valence electrons. The summed E-state index contributed by atoms with van der Waals surface area (Å²) in [5.41, 5.74) is 5.44. The van der Waals surface area contributed by atoms with E-state index in [0.717, 1.165) is 62.0 Å². The highest BCUT2D eigenvalue weighted by atomic mass is 16.5. The summed E-state index contributed by atoms with van der Waals surface area (Å²) >= 11 is 0. The average Bonchev–Trinajstić information content (AvgIpc) is 3.14. The van der Waals surface area contributed by atoms with E-state index in [0.29, 0.717) is 13.0 Å². The Labute approximate surface area is 172 Å². The summed E-state index contributed by atoms with van der Waals surface area (Å²) in [5.74, 6) is 0.714. The molecule has 0 aliphatic carbocycles. The Bertz CT molecular complexity index is 808. The van der Waals surface area contributed by atoms with Crippen molar-refractivity contribution in [2.24, 2.45) is 12.1 Å². The van der Waals surface area contributed by atoms with Crippen molar-refractivity contribution in [3.63, 3.8) is 0 Å². The molecule has 1 fully saturated rings. The number of aromatic nitrogens is 1. The molecule has 1 aromatic carbocycles. The van der Waals surface area contributed by atoms with Gasteiger partial charge in [0.1, 0.15) is 12.4 Å². The highest BCUT2D eigenvalue weighted by Crippen LogP contribution is 2.14. The fourth-order valence-corrected chi connectivity index (χ4v) is 3.22. The number of hydrazone groups is 1. The van der Waals surface area contributed by atoms with Crippen molar-refractivity contribution in [2.75, 3.05) is 39.5 Å². The molecule has 1 N–H and O–H groups in total. The molecule has 0 bridgehead atoms. The molecule has 1 aromatic heterocycles.